The van der Waals surface area contributed by atoms with E-state index < -0.39 is 0 Å². The number of ketones is 1. The molecule has 0 spiro atoms. The van der Waals surface area contributed by atoms with Gasteiger partial charge in [0.25, 0.3) is 0 Å². The first-order valence-corrected chi connectivity index (χ1v) is 7.79. The molecule has 0 amide bonds. The lowest BCUT2D eigenvalue weighted by atomic mass is 10.1. The van der Waals surface area contributed by atoms with Crippen LogP contribution in [-0.2, 0) is 0 Å². The highest BCUT2D eigenvalue weighted by Gasteiger charge is 2.06. The Morgan fingerprint density at radius 3 is 2.13 bits per heavy atom. The lowest BCUT2D eigenvalue weighted by Gasteiger charge is -2.10. The number of hydrogen-bond acceptors (Lipinski definition) is 4. The van der Waals surface area contributed by atoms with Gasteiger partial charge >= 0.3 is 0 Å². The molecule has 2 aromatic carbocycles. The third-order valence-electron chi connectivity index (χ3n) is 3.22. The van der Waals surface area contributed by atoms with Crippen LogP contribution in [0, 0.1) is 0 Å². The standard InChI is InChI=1S/C19H22O4/c1-3-21-16-9-11-17(12-10-16)22-13-6-14-23-19-8-5-4-7-18(19)15(2)20/h4-5,7-12H,3,6,13-14H2,1-2H3. The SMILES string of the molecule is CCOc1ccc(OCCCOc2ccccc2C(C)=O)cc1. The van der Waals surface area contributed by atoms with Crippen molar-refractivity contribution in [2.75, 3.05) is 19.8 Å². The number of para-hydroxylation sites is 1. The number of carbonyl (C=O) groups is 1. The summed E-state index contributed by atoms with van der Waals surface area (Å²) in [5, 5.41) is 0. The Bertz CT molecular complexity index is 620. The maximum absolute atomic E-state index is 11.5. The van der Waals surface area contributed by atoms with Crippen molar-refractivity contribution >= 4 is 5.78 Å². The van der Waals surface area contributed by atoms with E-state index in [0.717, 1.165) is 17.9 Å². The highest BCUT2D eigenvalue weighted by Crippen LogP contribution is 2.19. The molecule has 0 aliphatic heterocycles. The van der Waals surface area contributed by atoms with Crippen LogP contribution in [0.1, 0.15) is 30.6 Å². The zero-order chi connectivity index (χ0) is 16.5. The molecule has 2 rings (SSSR count). The Morgan fingerprint density at radius 1 is 0.870 bits per heavy atom. The van der Waals surface area contributed by atoms with E-state index in [1.54, 1.807) is 6.07 Å². The fourth-order valence-electron chi connectivity index (χ4n) is 2.11. The van der Waals surface area contributed by atoms with Gasteiger partial charge in [-0.3, -0.25) is 4.79 Å². The van der Waals surface area contributed by atoms with Gasteiger partial charge in [-0.1, -0.05) is 12.1 Å². The highest BCUT2D eigenvalue weighted by molar-refractivity contribution is 5.96. The molecular weight excluding hydrogens is 292 g/mol. The molecule has 0 unspecified atom stereocenters. The third kappa shape index (κ3) is 5.33. The van der Waals surface area contributed by atoms with Crippen molar-refractivity contribution in [2.45, 2.75) is 20.3 Å². The zero-order valence-electron chi connectivity index (χ0n) is 13.6. The van der Waals surface area contributed by atoms with Crippen molar-refractivity contribution in [1.82, 2.24) is 0 Å². The number of Topliss-reactive ketones (excluding diaryl/α,β-unsaturated/α-hetero) is 1. The summed E-state index contributed by atoms with van der Waals surface area (Å²) in [7, 11) is 0. The average molecular weight is 314 g/mol. The Morgan fingerprint density at radius 2 is 1.48 bits per heavy atom. The monoisotopic (exact) mass is 314 g/mol. The van der Waals surface area contributed by atoms with Crippen molar-refractivity contribution in [1.29, 1.82) is 0 Å². The van der Waals surface area contributed by atoms with Crippen molar-refractivity contribution in [3.8, 4) is 17.2 Å². The van der Waals surface area contributed by atoms with Gasteiger partial charge in [-0.15, -0.1) is 0 Å². The lowest BCUT2D eigenvalue weighted by molar-refractivity contribution is 0.101. The molecule has 0 heterocycles. The molecule has 4 nitrogen and oxygen atoms in total. The van der Waals surface area contributed by atoms with Crippen molar-refractivity contribution in [2.24, 2.45) is 0 Å². The van der Waals surface area contributed by atoms with Gasteiger partial charge in [-0.2, -0.15) is 0 Å². The van der Waals surface area contributed by atoms with E-state index in [0.29, 0.717) is 31.1 Å². The predicted octanol–water partition coefficient (Wildman–Crippen LogP) is 4.14. The number of ether oxygens (including phenoxy) is 3. The van der Waals surface area contributed by atoms with E-state index in [9.17, 15) is 4.79 Å². The first-order valence-electron chi connectivity index (χ1n) is 7.79. The van der Waals surface area contributed by atoms with Gasteiger partial charge in [-0.05, 0) is 50.2 Å². The first kappa shape index (κ1) is 16.9. The summed E-state index contributed by atoms with van der Waals surface area (Å²) >= 11 is 0. The topological polar surface area (TPSA) is 44.8 Å². The van der Waals surface area contributed by atoms with Crippen LogP contribution in [-0.4, -0.2) is 25.6 Å². The normalized spacial score (nSPS) is 10.2. The largest absolute Gasteiger partial charge is 0.494 e. The maximum Gasteiger partial charge on any atom is 0.163 e. The van der Waals surface area contributed by atoms with Gasteiger partial charge in [0.05, 0.1) is 25.4 Å². The van der Waals surface area contributed by atoms with Crippen LogP contribution >= 0.6 is 0 Å². The predicted molar refractivity (Wildman–Crippen MR) is 89.7 cm³/mol. The highest BCUT2D eigenvalue weighted by atomic mass is 16.5. The minimum atomic E-state index is 0.00578. The summed E-state index contributed by atoms with van der Waals surface area (Å²) in [6, 6.07) is 14.8. The molecule has 23 heavy (non-hydrogen) atoms. The Kier molecular flexibility index (Phi) is 6.48. The van der Waals surface area contributed by atoms with E-state index >= 15 is 0 Å². The molecule has 0 saturated heterocycles. The number of hydrogen-bond donors (Lipinski definition) is 0. The van der Waals surface area contributed by atoms with Crippen LogP contribution < -0.4 is 14.2 Å². The van der Waals surface area contributed by atoms with Gasteiger partial charge in [0.1, 0.15) is 17.2 Å². The molecule has 0 bridgehead atoms. The average Bonchev–Trinajstić information content (AvgIpc) is 2.56. The van der Waals surface area contributed by atoms with Crippen molar-refractivity contribution < 1.29 is 19.0 Å². The smallest absolute Gasteiger partial charge is 0.163 e. The second-order valence-corrected chi connectivity index (χ2v) is 5.01. The van der Waals surface area contributed by atoms with Crippen molar-refractivity contribution in [3.05, 3.63) is 54.1 Å². The maximum atomic E-state index is 11.5. The summed E-state index contributed by atoms with van der Waals surface area (Å²) in [6.07, 6.45) is 0.736. The molecule has 0 fully saturated rings. The Hall–Kier alpha value is -2.49. The van der Waals surface area contributed by atoms with E-state index in [1.165, 1.54) is 6.92 Å². The summed E-state index contributed by atoms with van der Waals surface area (Å²) in [4.78, 5) is 11.5. The molecule has 0 aromatic heterocycles. The van der Waals surface area contributed by atoms with Crippen LogP contribution in [0.15, 0.2) is 48.5 Å². The van der Waals surface area contributed by atoms with E-state index in [1.807, 2.05) is 49.4 Å². The Labute approximate surface area is 137 Å². The summed E-state index contributed by atoms with van der Waals surface area (Å²) in [6.45, 7) is 5.20. The second-order valence-electron chi connectivity index (χ2n) is 5.01. The molecule has 0 saturated carbocycles. The number of benzene rings is 2. The summed E-state index contributed by atoms with van der Waals surface area (Å²) < 4.78 is 16.7. The van der Waals surface area contributed by atoms with Gasteiger partial charge in [-0.25, -0.2) is 0 Å². The second kappa shape index (κ2) is 8.83. The van der Waals surface area contributed by atoms with E-state index in [4.69, 9.17) is 14.2 Å². The fraction of sp³-hybridized carbons (Fsp3) is 0.316. The first-order chi connectivity index (χ1) is 11.2. The van der Waals surface area contributed by atoms with Gasteiger partial charge < -0.3 is 14.2 Å². The molecule has 0 N–H and O–H groups in total. The molecule has 0 aliphatic rings. The molecule has 0 aliphatic carbocycles. The molecule has 4 heteroatoms. The zero-order valence-corrected chi connectivity index (χ0v) is 13.6. The van der Waals surface area contributed by atoms with Gasteiger partial charge in [0, 0.05) is 6.42 Å². The Balaban J connectivity index is 1.73. The molecule has 0 atom stereocenters. The van der Waals surface area contributed by atoms with E-state index in [2.05, 4.69) is 0 Å². The fourth-order valence-corrected chi connectivity index (χ4v) is 2.11. The third-order valence-corrected chi connectivity index (χ3v) is 3.22. The van der Waals surface area contributed by atoms with Gasteiger partial charge in [0.2, 0.25) is 0 Å². The lowest BCUT2D eigenvalue weighted by Crippen LogP contribution is -2.07. The van der Waals surface area contributed by atoms with Gasteiger partial charge in [0.15, 0.2) is 5.78 Å². The minimum absolute atomic E-state index is 0.00578. The van der Waals surface area contributed by atoms with Crippen molar-refractivity contribution in [3.63, 3.8) is 0 Å². The van der Waals surface area contributed by atoms with Crippen LogP contribution in [0.2, 0.25) is 0 Å². The van der Waals surface area contributed by atoms with Crippen LogP contribution in [0.4, 0.5) is 0 Å². The summed E-state index contributed by atoms with van der Waals surface area (Å²) in [5.41, 5.74) is 0.611. The minimum Gasteiger partial charge on any atom is -0.494 e. The molecular formula is C19H22O4. The van der Waals surface area contributed by atoms with Crippen LogP contribution in [0.25, 0.3) is 0 Å². The van der Waals surface area contributed by atoms with Crippen LogP contribution in [0.5, 0.6) is 17.2 Å². The van der Waals surface area contributed by atoms with Crippen LogP contribution in [0.3, 0.4) is 0 Å². The molecule has 122 valence electrons. The summed E-state index contributed by atoms with van der Waals surface area (Å²) in [5.74, 6) is 2.27. The van der Waals surface area contributed by atoms with E-state index in [-0.39, 0.29) is 5.78 Å². The molecule has 0 radical (unpaired) electrons. The number of carbonyl (C=O) groups excluding carboxylic acids is 1. The quantitative estimate of drug-likeness (QED) is 0.515. The number of rotatable bonds is 9. The molecule has 2 aromatic rings.